The molecule has 3 aromatic rings. The molecular formula is C23H23N3O3. The molecule has 1 atom stereocenters. The molecule has 148 valence electrons. The molecule has 1 fully saturated rings. The fourth-order valence-electron chi connectivity index (χ4n) is 4.54. The minimum absolute atomic E-state index is 0.0112. The second-order valence-corrected chi connectivity index (χ2v) is 8.09. The first-order valence-corrected chi connectivity index (χ1v) is 10.1. The molecule has 2 aromatic carbocycles. The number of para-hydroxylation sites is 1. The Labute approximate surface area is 169 Å². The van der Waals surface area contributed by atoms with Crippen LogP contribution in [-0.4, -0.2) is 44.8 Å². The molecule has 6 nitrogen and oxygen atoms in total. The fourth-order valence-corrected chi connectivity index (χ4v) is 4.54. The summed E-state index contributed by atoms with van der Waals surface area (Å²) < 4.78 is 8.27. The maximum atomic E-state index is 13.1. The van der Waals surface area contributed by atoms with Gasteiger partial charge < -0.3 is 14.2 Å². The summed E-state index contributed by atoms with van der Waals surface area (Å²) in [5.74, 6) is 0.813. The van der Waals surface area contributed by atoms with Crippen LogP contribution in [0.4, 0.5) is 0 Å². The van der Waals surface area contributed by atoms with E-state index in [4.69, 9.17) is 4.74 Å². The largest absolute Gasteiger partial charge is 0.486 e. The second-order valence-electron chi connectivity index (χ2n) is 8.09. The summed E-state index contributed by atoms with van der Waals surface area (Å²) in [6, 6.07) is 13.1. The van der Waals surface area contributed by atoms with E-state index in [0.29, 0.717) is 42.8 Å². The van der Waals surface area contributed by atoms with Crippen molar-refractivity contribution in [1.82, 2.24) is 14.5 Å². The normalized spacial score (nSPS) is 21.7. The number of fused-ring (bicyclic) bond motifs is 2. The number of aromatic nitrogens is 2. The zero-order chi connectivity index (χ0) is 20.0. The molecule has 1 aromatic heterocycles. The average molecular weight is 389 g/mol. The summed E-state index contributed by atoms with van der Waals surface area (Å²) in [7, 11) is 1.94. The molecule has 0 radical (unpaired) electrons. The monoisotopic (exact) mass is 389 g/mol. The van der Waals surface area contributed by atoms with E-state index in [2.05, 4.69) is 4.98 Å². The molecule has 6 heteroatoms. The van der Waals surface area contributed by atoms with Gasteiger partial charge in [-0.1, -0.05) is 12.1 Å². The molecule has 1 spiro atoms. The number of rotatable bonds is 1. The van der Waals surface area contributed by atoms with Crippen LogP contribution in [0.3, 0.4) is 0 Å². The van der Waals surface area contributed by atoms with Gasteiger partial charge in [-0.05, 0) is 43.2 Å². The molecule has 1 unspecified atom stereocenters. The Morgan fingerprint density at radius 1 is 1.14 bits per heavy atom. The van der Waals surface area contributed by atoms with Crippen molar-refractivity contribution in [3.05, 3.63) is 59.9 Å². The van der Waals surface area contributed by atoms with Crippen molar-refractivity contribution >= 4 is 22.7 Å². The van der Waals surface area contributed by atoms with Gasteiger partial charge in [0.25, 0.3) is 5.91 Å². The van der Waals surface area contributed by atoms with Gasteiger partial charge in [0.1, 0.15) is 11.4 Å². The number of aryl methyl sites for hydroxylation is 1. The van der Waals surface area contributed by atoms with E-state index in [-0.39, 0.29) is 11.7 Å². The Morgan fingerprint density at radius 3 is 2.90 bits per heavy atom. The number of amides is 1. The number of hydrogen-bond acceptors (Lipinski definition) is 4. The van der Waals surface area contributed by atoms with Crippen molar-refractivity contribution < 1.29 is 14.3 Å². The highest BCUT2D eigenvalue weighted by atomic mass is 16.5. The third-order valence-corrected chi connectivity index (χ3v) is 6.15. The quantitative estimate of drug-likeness (QED) is 0.638. The number of ketones is 1. The number of nitrogens with zero attached hydrogens (tertiary/aromatic N) is 3. The average Bonchev–Trinajstić information content (AvgIpc) is 2.98. The minimum Gasteiger partial charge on any atom is -0.486 e. The third-order valence-electron chi connectivity index (χ3n) is 6.15. The summed E-state index contributed by atoms with van der Waals surface area (Å²) in [6.45, 7) is 1.24. The first kappa shape index (κ1) is 17.9. The predicted octanol–water partition coefficient (Wildman–Crippen LogP) is 3.60. The highest BCUT2D eigenvalue weighted by Crippen LogP contribution is 2.39. The summed E-state index contributed by atoms with van der Waals surface area (Å²) in [6.07, 6.45) is 4.38. The maximum absolute atomic E-state index is 13.1. The van der Waals surface area contributed by atoms with E-state index >= 15 is 0 Å². The SMILES string of the molecule is Cn1cnc2cc(C(=O)N3CCCC4(CC3)CC(=O)c3ccccc3O4)ccc21. The predicted molar refractivity (Wildman–Crippen MR) is 109 cm³/mol. The Bertz CT molecular complexity index is 1120. The molecule has 29 heavy (non-hydrogen) atoms. The Morgan fingerprint density at radius 2 is 2.00 bits per heavy atom. The summed E-state index contributed by atoms with van der Waals surface area (Å²) in [5, 5.41) is 0. The van der Waals surface area contributed by atoms with Crippen LogP contribution in [0.25, 0.3) is 11.0 Å². The number of hydrogen-bond donors (Lipinski definition) is 0. The van der Waals surface area contributed by atoms with Crippen LogP contribution in [0, 0.1) is 0 Å². The van der Waals surface area contributed by atoms with Gasteiger partial charge in [0.15, 0.2) is 5.78 Å². The molecule has 0 saturated carbocycles. The lowest BCUT2D eigenvalue weighted by Gasteiger charge is -2.37. The van der Waals surface area contributed by atoms with E-state index in [0.717, 1.165) is 23.9 Å². The van der Waals surface area contributed by atoms with E-state index in [1.54, 1.807) is 6.33 Å². The first-order chi connectivity index (χ1) is 14.0. The molecule has 0 aliphatic carbocycles. The maximum Gasteiger partial charge on any atom is 0.253 e. The number of carbonyl (C=O) groups excluding carboxylic acids is 2. The fraction of sp³-hybridized carbons (Fsp3) is 0.348. The number of carbonyl (C=O) groups is 2. The van der Waals surface area contributed by atoms with Gasteiger partial charge in [-0.15, -0.1) is 0 Å². The topological polar surface area (TPSA) is 64.4 Å². The molecule has 2 aliphatic rings. The van der Waals surface area contributed by atoms with E-state index < -0.39 is 5.60 Å². The van der Waals surface area contributed by atoms with Crippen LogP contribution in [0.15, 0.2) is 48.8 Å². The highest BCUT2D eigenvalue weighted by Gasteiger charge is 2.42. The van der Waals surface area contributed by atoms with Gasteiger partial charge in [0.2, 0.25) is 0 Å². The van der Waals surface area contributed by atoms with Crippen molar-refractivity contribution in [3.63, 3.8) is 0 Å². The molecule has 0 bridgehead atoms. The summed E-state index contributed by atoms with van der Waals surface area (Å²) >= 11 is 0. The van der Waals surface area contributed by atoms with Gasteiger partial charge in [0, 0.05) is 32.1 Å². The smallest absolute Gasteiger partial charge is 0.253 e. The molecule has 2 aliphatic heterocycles. The van der Waals surface area contributed by atoms with Crippen molar-refractivity contribution in [2.45, 2.75) is 31.3 Å². The number of ether oxygens (including phenoxy) is 1. The zero-order valence-electron chi connectivity index (χ0n) is 16.4. The van der Waals surface area contributed by atoms with Crippen LogP contribution < -0.4 is 4.74 Å². The lowest BCUT2D eigenvalue weighted by molar-refractivity contribution is 0.0300. The van der Waals surface area contributed by atoms with Crippen LogP contribution in [0.2, 0.25) is 0 Å². The molecule has 3 heterocycles. The molecular weight excluding hydrogens is 366 g/mol. The summed E-state index contributed by atoms with van der Waals surface area (Å²) in [5.41, 5.74) is 2.63. The van der Waals surface area contributed by atoms with Crippen molar-refractivity contribution in [1.29, 1.82) is 0 Å². The Hall–Kier alpha value is -3.15. The summed E-state index contributed by atoms with van der Waals surface area (Å²) in [4.78, 5) is 32.0. The van der Waals surface area contributed by atoms with Crippen molar-refractivity contribution in [2.24, 2.45) is 7.05 Å². The molecule has 0 N–H and O–H groups in total. The number of Topliss-reactive ketones (excluding diaryl/α,β-unsaturated/α-hetero) is 1. The van der Waals surface area contributed by atoms with E-state index in [1.807, 2.05) is 59.0 Å². The minimum atomic E-state index is -0.509. The lowest BCUT2D eigenvalue weighted by Crippen LogP contribution is -2.43. The number of likely N-dealkylation sites (tertiary alicyclic amines) is 1. The van der Waals surface area contributed by atoms with Crippen LogP contribution in [0.1, 0.15) is 46.4 Å². The van der Waals surface area contributed by atoms with Crippen molar-refractivity contribution in [2.75, 3.05) is 13.1 Å². The van der Waals surface area contributed by atoms with Crippen LogP contribution in [-0.2, 0) is 7.05 Å². The van der Waals surface area contributed by atoms with Crippen LogP contribution in [0.5, 0.6) is 5.75 Å². The molecule has 5 rings (SSSR count). The first-order valence-electron chi connectivity index (χ1n) is 10.1. The van der Waals surface area contributed by atoms with Crippen molar-refractivity contribution in [3.8, 4) is 5.75 Å². The molecule has 1 amide bonds. The zero-order valence-corrected chi connectivity index (χ0v) is 16.4. The van der Waals surface area contributed by atoms with Gasteiger partial charge in [-0.3, -0.25) is 9.59 Å². The van der Waals surface area contributed by atoms with Gasteiger partial charge in [-0.25, -0.2) is 4.98 Å². The Kier molecular flexibility index (Phi) is 4.15. The lowest BCUT2D eigenvalue weighted by atomic mass is 9.84. The second kappa shape index (κ2) is 6.72. The highest BCUT2D eigenvalue weighted by molar-refractivity contribution is 6.00. The Balaban J connectivity index is 1.35. The van der Waals surface area contributed by atoms with E-state index in [9.17, 15) is 9.59 Å². The standard InChI is InChI=1S/C23H23N3O3/c1-25-15-24-18-13-16(7-8-19(18)25)22(28)26-11-4-9-23(10-12-26)14-20(27)17-5-2-3-6-21(17)29-23/h2-3,5-8,13,15H,4,9-12,14H2,1H3. The third kappa shape index (κ3) is 3.09. The van der Waals surface area contributed by atoms with Gasteiger partial charge in [-0.2, -0.15) is 0 Å². The van der Waals surface area contributed by atoms with Gasteiger partial charge >= 0.3 is 0 Å². The van der Waals surface area contributed by atoms with E-state index in [1.165, 1.54) is 0 Å². The number of imidazole rings is 1. The van der Waals surface area contributed by atoms with Crippen LogP contribution >= 0.6 is 0 Å². The molecule has 1 saturated heterocycles. The number of benzene rings is 2. The van der Waals surface area contributed by atoms with Gasteiger partial charge in [0.05, 0.1) is 29.3 Å².